The largest absolute Gasteiger partial charge is 0.497 e. The Hall–Kier alpha value is -2.19. The fourth-order valence-electron chi connectivity index (χ4n) is 3.49. The molecule has 1 heterocycles. The Morgan fingerprint density at radius 2 is 1.80 bits per heavy atom. The van der Waals surface area contributed by atoms with Crippen molar-refractivity contribution in [1.29, 1.82) is 0 Å². The molecule has 0 radical (unpaired) electrons. The highest BCUT2D eigenvalue weighted by Gasteiger charge is 2.41. The van der Waals surface area contributed by atoms with E-state index < -0.39 is 22.9 Å². The number of thioether (sulfide) groups is 1. The number of hydrogen-bond acceptors (Lipinski definition) is 4. The van der Waals surface area contributed by atoms with Crippen LogP contribution in [-0.2, 0) is 11.0 Å². The Labute approximate surface area is 179 Å². The first kappa shape index (κ1) is 22.5. The van der Waals surface area contributed by atoms with E-state index in [1.807, 2.05) is 31.1 Å². The molecule has 1 aliphatic rings. The SMILES string of the molecule is COc1ccc([C@@H]2Sc3c(cccc3C(F)(F)F)N(CCN(C)C)C(=O)[C@@H]2C)cc1. The van der Waals surface area contributed by atoms with Gasteiger partial charge in [0.15, 0.2) is 0 Å². The lowest BCUT2D eigenvalue weighted by Crippen LogP contribution is -2.40. The van der Waals surface area contributed by atoms with Crippen molar-refractivity contribution in [2.75, 3.05) is 39.2 Å². The minimum absolute atomic E-state index is 0.0993. The van der Waals surface area contributed by atoms with Gasteiger partial charge in [0.05, 0.1) is 24.3 Å². The van der Waals surface area contributed by atoms with E-state index >= 15 is 0 Å². The summed E-state index contributed by atoms with van der Waals surface area (Å²) in [5, 5.41) is -0.449. The Balaban J connectivity index is 2.13. The molecule has 8 heteroatoms. The lowest BCUT2D eigenvalue weighted by atomic mass is 9.98. The highest BCUT2D eigenvalue weighted by atomic mass is 32.2. The monoisotopic (exact) mass is 438 g/mol. The second kappa shape index (κ2) is 8.89. The summed E-state index contributed by atoms with van der Waals surface area (Å²) in [7, 11) is 5.29. The number of benzene rings is 2. The van der Waals surface area contributed by atoms with Gasteiger partial charge in [-0.25, -0.2) is 0 Å². The topological polar surface area (TPSA) is 32.8 Å². The summed E-state index contributed by atoms with van der Waals surface area (Å²) in [6, 6.07) is 11.2. The van der Waals surface area contributed by atoms with Gasteiger partial charge in [-0.1, -0.05) is 25.1 Å². The number of hydrogen-bond donors (Lipinski definition) is 0. The van der Waals surface area contributed by atoms with Crippen LogP contribution in [0, 0.1) is 5.92 Å². The van der Waals surface area contributed by atoms with Crippen LogP contribution in [-0.4, -0.2) is 45.1 Å². The van der Waals surface area contributed by atoms with Crippen LogP contribution in [0.5, 0.6) is 5.75 Å². The van der Waals surface area contributed by atoms with E-state index in [4.69, 9.17) is 4.74 Å². The van der Waals surface area contributed by atoms with Crippen molar-refractivity contribution < 1.29 is 22.7 Å². The molecule has 0 aromatic heterocycles. The Kier molecular flexibility index (Phi) is 6.67. The molecule has 0 saturated carbocycles. The Morgan fingerprint density at radius 1 is 1.13 bits per heavy atom. The van der Waals surface area contributed by atoms with Crippen LogP contribution in [0.3, 0.4) is 0 Å². The first-order chi connectivity index (χ1) is 14.1. The number of rotatable bonds is 5. The molecular formula is C22H25F3N2O2S. The maximum atomic E-state index is 13.8. The predicted octanol–water partition coefficient (Wildman–Crippen LogP) is 5.09. The molecule has 0 N–H and O–H groups in total. The quantitative estimate of drug-likeness (QED) is 0.651. The van der Waals surface area contributed by atoms with Crippen LogP contribution in [0.4, 0.5) is 18.9 Å². The van der Waals surface area contributed by atoms with Gasteiger partial charge < -0.3 is 14.5 Å². The molecule has 162 valence electrons. The van der Waals surface area contributed by atoms with Gasteiger partial charge in [-0.2, -0.15) is 13.2 Å². The number of methoxy groups -OCH3 is 1. The third-order valence-electron chi connectivity index (χ3n) is 5.16. The maximum Gasteiger partial charge on any atom is 0.417 e. The first-order valence-electron chi connectivity index (χ1n) is 9.60. The average Bonchev–Trinajstić information content (AvgIpc) is 2.80. The van der Waals surface area contributed by atoms with Crippen molar-refractivity contribution in [3.8, 4) is 5.75 Å². The first-order valence-corrected chi connectivity index (χ1v) is 10.5. The second-order valence-electron chi connectivity index (χ2n) is 7.55. The van der Waals surface area contributed by atoms with Crippen molar-refractivity contribution in [3.63, 3.8) is 0 Å². The third-order valence-corrected chi connectivity index (χ3v) is 6.76. The van der Waals surface area contributed by atoms with Crippen LogP contribution < -0.4 is 9.64 Å². The van der Waals surface area contributed by atoms with E-state index in [0.29, 0.717) is 24.5 Å². The fourth-order valence-corrected chi connectivity index (χ4v) is 4.97. The van der Waals surface area contributed by atoms with Crippen LogP contribution in [0.2, 0.25) is 0 Å². The molecule has 0 spiro atoms. The Bertz CT molecular complexity index is 900. The van der Waals surface area contributed by atoms with E-state index in [9.17, 15) is 18.0 Å². The van der Waals surface area contributed by atoms with Crippen LogP contribution in [0.1, 0.15) is 23.3 Å². The van der Waals surface area contributed by atoms with E-state index in [1.165, 1.54) is 11.0 Å². The van der Waals surface area contributed by atoms with Gasteiger partial charge in [0.25, 0.3) is 0 Å². The van der Waals surface area contributed by atoms with Gasteiger partial charge in [0, 0.05) is 23.2 Å². The van der Waals surface area contributed by atoms with Gasteiger partial charge in [-0.15, -0.1) is 11.8 Å². The van der Waals surface area contributed by atoms with Crippen LogP contribution in [0.15, 0.2) is 47.4 Å². The van der Waals surface area contributed by atoms with Gasteiger partial charge in [0.2, 0.25) is 5.91 Å². The van der Waals surface area contributed by atoms with E-state index in [0.717, 1.165) is 23.4 Å². The molecule has 0 saturated heterocycles. The Morgan fingerprint density at radius 3 is 2.37 bits per heavy atom. The lowest BCUT2D eigenvalue weighted by Gasteiger charge is -2.27. The van der Waals surface area contributed by atoms with Crippen LogP contribution in [0.25, 0.3) is 0 Å². The average molecular weight is 439 g/mol. The van der Waals surface area contributed by atoms with E-state index in [1.54, 1.807) is 32.2 Å². The van der Waals surface area contributed by atoms with Crippen molar-refractivity contribution >= 4 is 23.4 Å². The van der Waals surface area contributed by atoms with Crippen molar-refractivity contribution in [2.45, 2.75) is 23.2 Å². The standard InChI is InChI=1S/C22H25F3N2O2S/c1-14-19(15-8-10-16(29-4)11-9-15)30-20-17(22(23,24)25)6-5-7-18(20)27(21(14)28)13-12-26(2)3/h5-11,14,19H,12-13H2,1-4H3/t14-,19-/m1/s1. The molecular weight excluding hydrogens is 413 g/mol. The smallest absolute Gasteiger partial charge is 0.417 e. The molecule has 3 rings (SSSR count). The molecule has 2 aromatic carbocycles. The molecule has 1 aliphatic heterocycles. The highest BCUT2D eigenvalue weighted by molar-refractivity contribution is 7.99. The maximum absolute atomic E-state index is 13.8. The summed E-state index contributed by atoms with van der Waals surface area (Å²) in [6.45, 7) is 2.65. The zero-order chi connectivity index (χ0) is 22.1. The summed E-state index contributed by atoms with van der Waals surface area (Å²) in [4.78, 5) is 16.9. The van der Waals surface area contributed by atoms with Crippen molar-refractivity contribution in [2.24, 2.45) is 5.92 Å². The number of nitrogens with zero attached hydrogens (tertiary/aromatic N) is 2. The van der Waals surface area contributed by atoms with E-state index in [-0.39, 0.29) is 10.8 Å². The number of halogens is 3. The van der Waals surface area contributed by atoms with E-state index in [2.05, 4.69) is 0 Å². The van der Waals surface area contributed by atoms with Crippen LogP contribution >= 0.6 is 11.8 Å². The number of carbonyl (C=O) groups excluding carboxylic acids is 1. The number of carbonyl (C=O) groups is 1. The molecule has 1 amide bonds. The van der Waals surface area contributed by atoms with Crippen molar-refractivity contribution in [3.05, 3.63) is 53.6 Å². The normalized spacial score (nSPS) is 19.6. The summed E-state index contributed by atoms with van der Waals surface area (Å²) in [5.74, 6) is -0.0253. The molecule has 0 bridgehead atoms. The molecule has 0 unspecified atom stereocenters. The number of amides is 1. The predicted molar refractivity (Wildman–Crippen MR) is 113 cm³/mol. The molecule has 4 nitrogen and oxygen atoms in total. The number of likely N-dealkylation sites (N-methyl/N-ethyl adjacent to an activating group) is 1. The summed E-state index contributed by atoms with van der Waals surface area (Å²) in [5.41, 5.74) is 0.406. The van der Waals surface area contributed by atoms with Gasteiger partial charge in [0.1, 0.15) is 5.75 Å². The zero-order valence-electron chi connectivity index (χ0n) is 17.4. The minimum atomic E-state index is -4.51. The lowest BCUT2D eigenvalue weighted by molar-refractivity contribution is -0.139. The second-order valence-corrected chi connectivity index (χ2v) is 8.70. The molecule has 0 aliphatic carbocycles. The summed E-state index contributed by atoms with van der Waals surface area (Å²) >= 11 is 1.11. The fraction of sp³-hybridized carbons (Fsp3) is 0.409. The number of ether oxygens (including phenoxy) is 1. The summed E-state index contributed by atoms with van der Waals surface area (Å²) in [6.07, 6.45) is -4.51. The van der Waals surface area contributed by atoms with Gasteiger partial charge >= 0.3 is 6.18 Å². The summed E-state index contributed by atoms with van der Waals surface area (Å²) < 4.78 is 46.7. The molecule has 0 fully saturated rings. The highest BCUT2D eigenvalue weighted by Crippen LogP contribution is 2.52. The molecule has 30 heavy (non-hydrogen) atoms. The molecule has 2 atom stereocenters. The van der Waals surface area contributed by atoms with Crippen molar-refractivity contribution in [1.82, 2.24) is 4.90 Å². The minimum Gasteiger partial charge on any atom is -0.497 e. The third kappa shape index (κ3) is 4.59. The van der Waals surface area contributed by atoms with Gasteiger partial charge in [-0.05, 0) is 43.9 Å². The number of alkyl halides is 3. The van der Waals surface area contributed by atoms with Gasteiger partial charge in [-0.3, -0.25) is 4.79 Å². The zero-order valence-corrected chi connectivity index (χ0v) is 18.2. The molecule has 2 aromatic rings. The number of anilines is 1. The number of fused-ring (bicyclic) bond motifs is 1.